The molecule has 2 aromatic heterocycles. The molecular weight excluding hydrogens is 919 g/mol. The van der Waals surface area contributed by atoms with Gasteiger partial charge in [0.1, 0.15) is 0 Å². The van der Waals surface area contributed by atoms with Gasteiger partial charge >= 0.3 is 0 Å². The lowest BCUT2D eigenvalue weighted by molar-refractivity contribution is 0.793. The van der Waals surface area contributed by atoms with E-state index in [1.54, 1.807) is 0 Å². The second-order valence-corrected chi connectivity index (χ2v) is 20.3. The quantitative estimate of drug-likeness (QED) is 0.155. The molecule has 3 heteroatoms. The summed E-state index contributed by atoms with van der Waals surface area (Å²) in [5.74, 6) is 0. The van der Waals surface area contributed by atoms with Gasteiger partial charge in [-0.05, 0) is 128 Å². The van der Waals surface area contributed by atoms with E-state index in [1.165, 1.54) is 105 Å². The monoisotopic (exact) mass is 965 g/mol. The zero-order chi connectivity index (χ0) is 49.9. The van der Waals surface area contributed by atoms with Gasteiger partial charge in [0.25, 0.3) is 0 Å². The van der Waals surface area contributed by atoms with Crippen LogP contribution in [0.15, 0.2) is 285 Å². The number of anilines is 3. The van der Waals surface area contributed by atoms with E-state index >= 15 is 0 Å². The molecule has 0 saturated heterocycles. The third kappa shape index (κ3) is 5.94. The van der Waals surface area contributed by atoms with Gasteiger partial charge in [0.05, 0.1) is 33.2 Å². The molecule has 0 N–H and O–H groups in total. The van der Waals surface area contributed by atoms with Crippen molar-refractivity contribution in [3.05, 3.63) is 307 Å². The summed E-state index contributed by atoms with van der Waals surface area (Å²) >= 11 is 0. The maximum absolute atomic E-state index is 2.52. The largest absolute Gasteiger partial charge is 0.310 e. The molecule has 354 valence electrons. The standard InChI is InChI=1S/C73H47N3/c1-3-20-50(21-4-1)75-67-37-16-11-28-62(67)70-54(29-18-38-68(70)75)48-40-44-52(45-41-48)74(53-46-42-49(43-47-53)55-30-17-32-61-59-27-10-15-36-66(59)76(72(55)61)51-22-5-2-6-23-51)69-39-19-31-60-58-26-9-14-35-65(58)73(71(60)69)63-33-12-7-24-56(63)57-25-8-13-34-64(57)73/h1-47H. The van der Waals surface area contributed by atoms with Gasteiger partial charge in [0.2, 0.25) is 0 Å². The van der Waals surface area contributed by atoms with Crippen LogP contribution in [0.4, 0.5) is 17.1 Å². The van der Waals surface area contributed by atoms with Gasteiger partial charge in [-0.25, -0.2) is 0 Å². The molecule has 2 aliphatic carbocycles. The molecule has 14 aromatic rings. The first kappa shape index (κ1) is 42.5. The lowest BCUT2D eigenvalue weighted by Crippen LogP contribution is -2.28. The van der Waals surface area contributed by atoms with Gasteiger partial charge in [0.15, 0.2) is 0 Å². The van der Waals surface area contributed by atoms with Crippen molar-refractivity contribution in [2.24, 2.45) is 0 Å². The smallest absolute Gasteiger partial charge is 0.0746 e. The third-order valence-corrected chi connectivity index (χ3v) is 16.5. The van der Waals surface area contributed by atoms with Crippen molar-refractivity contribution < 1.29 is 0 Å². The highest BCUT2D eigenvalue weighted by atomic mass is 15.1. The van der Waals surface area contributed by atoms with E-state index in [1.807, 2.05) is 0 Å². The van der Waals surface area contributed by atoms with Crippen LogP contribution < -0.4 is 4.90 Å². The predicted octanol–water partition coefficient (Wildman–Crippen LogP) is 19.0. The van der Waals surface area contributed by atoms with Gasteiger partial charge in [-0.1, -0.05) is 212 Å². The number of fused-ring (bicyclic) bond motifs is 16. The number of para-hydroxylation sites is 5. The van der Waals surface area contributed by atoms with Crippen molar-refractivity contribution in [2.75, 3.05) is 4.90 Å². The van der Waals surface area contributed by atoms with Crippen LogP contribution in [-0.4, -0.2) is 9.13 Å². The highest BCUT2D eigenvalue weighted by Crippen LogP contribution is 2.65. The fourth-order valence-electron chi connectivity index (χ4n) is 13.5. The molecule has 76 heavy (non-hydrogen) atoms. The van der Waals surface area contributed by atoms with E-state index in [-0.39, 0.29) is 0 Å². The minimum Gasteiger partial charge on any atom is -0.310 e. The fraction of sp³-hybridized carbons (Fsp3) is 0.0137. The molecule has 0 unspecified atom stereocenters. The third-order valence-electron chi connectivity index (χ3n) is 16.5. The Morgan fingerprint density at radius 2 is 0.697 bits per heavy atom. The maximum Gasteiger partial charge on any atom is 0.0746 e. The van der Waals surface area contributed by atoms with Crippen molar-refractivity contribution >= 4 is 60.7 Å². The molecule has 2 heterocycles. The average molecular weight is 966 g/mol. The number of hydrogen-bond donors (Lipinski definition) is 0. The van der Waals surface area contributed by atoms with Crippen LogP contribution in [0.25, 0.3) is 99.5 Å². The first-order valence-electron chi connectivity index (χ1n) is 26.3. The normalized spacial score (nSPS) is 12.8. The molecular formula is C73H47N3. The Kier molecular flexibility index (Phi) is 9.25. The number of rotatable bonds is 7. The molecule has 0 radical (unpaired) electrons. The molecule has 1 spiro atoms. The minimum absolute atomic E-state index is 0.545. The van der Waals surface area contributed by atoms with Gasteiger partial charge in [0, 0.05) is 55.4 Å². The summed E-state index contributed by atoms with van der Waals surface area (Å²) in [6.07, 6.45) is 0. The second-order valence-electron chi connectivity index (χ2n) is 20.3. The van der Waals surface area contributed by atoms with Crippen LogP contribution in [0.5, 0.6) is 0 Å². The summed E-state index contributed by atoms with van der Waals surface area (Å²) in [7, 11) is 0. The number of nitrogens with zero attached hydrogens (tertiary/aromatic N) is 3. The molecule has 12 aromatic carbocycles. The van der Waals surface area contributed by atoms with Gasteiger partial charge in [-0.15, -0.1) is 0 Å². The topological polar surface area (TPSA) is 13.1 Å². The van der Waals surface area contributed by atoms with E-state index < -0.39 is 5.41 Å². The predicted molar refractivity (Wildman–Crippen MR) is 317 cm³/mol. The first-order chi connectivity index (χ1) is 37.8. The molecule has 3 nitrogen and oxygen atoms in total. The number of hydrogen-bond acceptors (Lipinski definition) is 1. The van der Waals surface area contributed by atoms with Gasteiger partial charge in [-0.3, -0.25) is 0 Å². The lowest BCUT2D eigenvalue weighted by atomic mass is 9.70. The van der Waals surface area contributed by atoms with Crippen LogP contribution in [0.3, 0.4) is 0 Å². The van der Waals surface area contributed by atoms with E-state index in [2.05, 4.69) is 299 Å². The summed E-state index contributed by atoms with van der Waals surface area (Å²) in [5.41, 5.74) is 25.0. The molecule has 0 bridgehead atoms. The Bertz CT molecular complexity index is 4550. The van der Waals surface area contributed by atoms with E-state index in [0.29, 0.717) is 0 Å². The average Bonchev–Trinajstić information content (AvgIpc) is 4.30. The minimum atomic E-state index is -0.545. The summed E-state index contributed by atoms with van der Waals surface area (Å²) in [5, 5.41) is 4.98. The maximum atomic E-state index is 2.52. The molecule has 0 fully saturated rings. The zero-order valence-electron chi connectivity index (χ0n) is 41.5. The van der Waals surface area contributed by atoms with Crippen LogP contribution >= 0.6 is 0 Å². The Hall–Kier alpha value is -9.96. The van der Waals surface area contributed by atoms with Crippen molar-refractivity contribution in [3.63, 3.8) is 0 Å². The highest BCUT2D eigenvalue weighted by molar-refractivity contribution is 6.16. The van der Waals surface area contributed by atoms with Crippen LogP contribution in [0, 0.1) is 0 Å². The molecule has 0 amide bonds. The van der Waals surface area contributed by atoms with Crippen molar-refractivity contribution in [1.29, 1.82) is 0 Å². The first-order valence-corrected chi connectivity index (χ1v) is 26.3. The van der Waals surface area contributed by atoms with Gasteiger partial charge in [-0.2, -0.15) is 0 Å². The van der Waals surface area contributed by atoms with Crippen LogP contribution in [0.1, 0.15) is 22.3 Å². The summed E-state index contributed by atoms with van der Waals surface area (Å²) in [6, 6.07) is 106. The summed E-state index contributed by atoms with van der Waals surface area (Å²) in [4.78, 5) is 2.52. The fourth-order valence-corrected chi connectivity index (χ4v) is 13.5. The van der Waals surface area contributed by atoms with E-state index in [9.17, 15) is 0 Å². The molecule has 0 atom stereocenters. The SMILES string of the molecule is c1ccc(-n2c3ccccc3c3c(-c4ccc(N(c5ccc(-c6cccc7c8ccccc8n(-c8ccccc8)c67)cc5)c5cccc6c5C5(c7ccccc7-c7ccccc75)c5ccccc5-6)cc4)cccc32)cc1. The second kappa shape index (κ2) is 16.5. The molecule has 16 rings (SSSR count). The number of aromatic nitrogens is 2. The zero-order valence-corrected chi connectivity index (χ0v) is 41.5. The number of benzene rings is 12. The Morgan fingerprint density at radius 3 is 1.33 bits per heavy atom. The Balaban J connectivity index is 0.917. The lowest BCUT2D eigenvalue weighted by Gasteiger charge is -2.36. The van der Waals surface area contributed by atoms with E-state index in [4.69, 9.17) is 0 Å². The Morgan fingerprint density at radius 1 is 0.276 bits per heavy atom. The van der Waals surface area contributed by atoms with Crippen LogP contribution in [-0.2, 0) is 5.41 Å². The molecule has 2 aliphatic rings. The van der Waals surface area contributed by atoms with Crippen molar-refractivity contribution in [2.45, 2.75) is 5.41 Å². The van der Waals surface area contributed by atoms with E-state index in [0.717, 1.165) is 34.0 Å². The van der Waals surface area contributed by atoms with Crippen LogP contribution in [0.2, 0.25) is 0 Å². The summed E-state index contributed by atoms with van der Waals surface area (Å²) in [6.45, 7) is 0. The highest BCUT2D eigenvalue weighted by Gasteiger charge is 2.53. The van der Waals surface area contributed by atoms with Gasteiger partial charge < -0.3 is 14.0 Å². The van der Waals surface area contributed by atoms with Crippen molar-refractivity contribution in [3.8, 4) is 55.9 Å². The Labute approximate surface area is 441 Å². The summed E-state index contributed by atoms with van der Waals surface area (Å²) < 4.78 is 4.84. The molecule has 0 aliphatic heterocycles. The van der Waals surface area contributed by atoms with Crippen molar-refractivity contribution in [1.82, 2.24) is 9.13 Å². The molecule has 0 saturated carbocycles.